The van der Waals surface area contributed by atoms with Gasteiger partial charge >= 0.3 is 0 Å². The third kappa shape index (κ3) is 2.75. The second-order valence-electron chi connectivity index (χ2n) is 3.83. The first-order chi connectivity index (χ1) is 8.33. The fourth-order valence-corrected chi connectivity index (χ4v) is 1.84. The summed E-state index contributed by atoms with van der Waals surface area (Å²) in [6, 6.07) is 7.79. The Kier molecular flexibility index (Phi) is 3.95. The number of carbonyl (C=O) groups is 1. The molecule has 17 heavy (non-hydrogen) atoms. The Morgan fingerprint density at radius 3 is 3.12 bits per heavy atom. The highest BCUT2D eigenvalue weighted by atomic mass is 16.7. The normalized spacial score (nSPS) is 17.4. The van der Waals surface area contributed by atoms with Crippen LogP contribution in [0.4, 0.5) is 5.69 Å². The summed E-state index contributed by atoms with van der Waals surface area (Å²) in [7, 11) is 1.59. The topological polar surface area (TPSA) is 59.6 Å². The quantitative estimate of drug-likeness (QED) is 0.589. The Balaban J connectivity index is 1.89. The van der Waals surface area contributed by atoms with E-state index in [4.69, 9.17) is 9.57 Å². The van der Waals surface area contributed by atoms with Crippen LogP contribution in [0.1, 0.15) is 11.5 Å². The van der Waals surface area contributed by atoms with E-state index in [1.165, 1.54) is 0 Å². The van der Waals surface area contributed by atoms with Crippen LogP contribution < -0.4 is 10.8 Å². The Hall–Kier alpha value is -1.59. The molecule has 0 spiro atoms. The van der Waals surface area contributed by atoms with E-state index in [2.05, 4.69) is 10.8 Å². The molecule has 5 heteroatoms. The van der Waals surface area contributed by atoms with Crippen LogP contribution in [0.3, 0.4) is 0 Å². The summed E-state index contributed by atoms with van der Waals surface area (Å²) in [6.45, 7) is 1.42. The van der Waals surface area contributed by atoms with Gasteiger partial charge in [0.05, 0.1) is 19.1 Å². The summed E-state index contributed by atoms with van der Waals surface area (Å²) in [5.74, 6) is -0.313. The lowest BCUT2D eigenvalue weighted by atomic mass is 10.0. The molecule has 1 aromatic rings. The van der Waals surface area contributed by atoms with E-state index in [0.717, 1.165) is 11.3 Å². The smallest absolute Gasteiger partial charge is 0.252 e. The largest absolute Gasteiger partial charge is 0.384 e. The van der Waals surface area contributed by atoms with E-state index in [-0.39, 0.29) is 11.8 Å². The molecule has 1 aliphatic heterocycles. The molecule has 1 amide bonds. The number of benzene rings is 1. The number of para-hydroxylation sites is 1. The Labute approximate surface area is 100 Å². The van der Waals surface area contributed by atoms with Crippen molar-refractivity contribution < 1.29 is 14.4 Å². The monoisotopic (exact) mass is 236 g/mol. The van der Waals surface area contributed by atoms with Crippen molar-refractivity contribution >= 4 is 11.6 Å². The second-order valence-corrected chi connectivity index (χ2v) is 3.83. The number of hydrogen-bond acceptors (Lipinski definition) is 4. The fraction of sp³-hybridized carbons (Fsp3) is 0.417. The van der Waals surface area contributed by atoms with Crippen molar-refractivity contribution in [2.45, 2.75) is 5.92 Å². The van der Waals surface area contributed by atoms with Crippen LogP contribution in [-0.2, 0) is 14.4 Å². The fourth-order valence-electron chi connectivity index (χ4n) is 1.84. The standard InChI is InChI=1S/C12H16N2O3/c1-16-6-7-17-14-12(15)10-8-13-11-5-3-2-4-9(10)11/h2-5,10,13H,6-8H2,1H3,(H,14,15). The first kappa shape index (κ1) is 11.9. The van der Waals surface area contributed by atoms with E-state index in [9.17, 15) is 4.79 Å². The number of carbonyl (C=O) groups excluding carboxylic acids is 1. The minimum atomic E-state index is -0.186. The van der Waals surface area contributed by atoms with E-state index in [1.807, 2.05) is 24.3 Å². The molecule has 2 N–H and O–H groups in total. The number of methoxy groups -OCH3 is 1. The van der Waals surface area contributed by atoms with Crippen LogP contribution in [0.2, 0.25) is 0 Å². The number of anilines is 1. The van der Waals surface area contributed by atoms with Gasteiger partial charge in [-0.1, -0.05) is 18.2 Å². The SMILES string of the molecule is COCCONC(=O)C1CNc2ccccc21. The molecule has 0 aromatic heterocycles. The molecule has 92 valence electrons. The summed E-state index contributed by atoms with van der Waals surface area (Å²) in [5.41, 5.74) is 4.47. The van der Waals surface area contributed by atoms with Gasteiger partial charge in [-0.3, -0.25) is 9.63 Å². The van der Waals surface area contributed by atoms with Crippen molar-refractivity contribution in [2.24, 2.45) is 0 Å². The first-order valence-electron chi connectivity index (χ1n) is 5.56. The maximum atomic E-state index is 11.9. The van der Waals surface area contributed by atoms with Gasteiger partial charge in [0.2, 0.25) is 0 Å². The molecule has 0 bridgehead atoms. The van der Waals surface area contributed by atoms with Gasteiger partial charge in [0.1, 0.15) is 0 Å². The third-order valence-corrected chi connectivity index (χ3v) is 2.71. The molecule has 0 radical (unpaired) electrons. The maximum absolute atomic E-state index is 11.9. The van der Waals surface area contributed by atoms with Crippen LogP contribution in [-0.4, -0.2) is 32.8 Å². The molecule has 0 fully saturated rings. The zero-order valence-corrected chi connectivity index (χ0v) is 9.73. The van der Waals surface area contributed by atoms with Crippen molar-refractivity contribution in [1.29, 1.82) is 0 Å². The number of ether oxygens (including phenoxy) is 1. The molecule has 0 aliphatic carbocycles. The molecule has 1 heterocycles. The molecule has 0 saturated heterocycles. The predicted octanol–water partition coefficient (Wildman–Crippen LogP) is 0.890. The maximum Gasteiger partial charge on any atom is 0.252 e. The van der Waals surface area contributed by atoms with Gasteiger partial charge in [-0.15, -0.1) is 0 Å². The van der Waals surface area contributed by atoms with Crippen LogP contribution in [0.5, 0.6) is 0 Å². The Morgan fingerprint density at radius 1 is 1.47 bits per heavy atom. The lowest BCUT2D eigenvalue weighted by Crippen LogP contribution is -2.31. The molecule has 5 nitrogen and oxygen atoms in total. The van der Waals surface area contributed by atoms with Crippen LogP contribution >= 0.6 is 0 Å². The lowest BCUT2D eigenvalue weighted by molar-refractivity contribution is -0.135. The van der Waals surface area contributed by atoms with Gasteiger partial charge in [0, 0.05) is 19.3 Å². The van der Waals surface area contributed by atoms with Gasteiger partial charge in [-0.25, -0.2) is 5.48 Å². The molecule has 0 saturated carbocycles. The highest BCUT2D eigenvalue weighted by molar-refractivity contribution is 5.87. The summed E-state index contributed by atoms with van der Waals surface area (Å²) < 4.78 is 4.82. The molecule has 1 atom stereocenters. The van der Waals surface area contributed by atoms with Crippen LogP contribution in [0.15, 0.2) is 24.3 Å². The number of amides is 1. The minimum absolute atomic E-state index is 0.126. The molecular weight excluding hydrogens is 220 g/mol. The van der Waals surface area contributed by atoms with Crippen LogP contribution in [0.25, 0.3) is 0 Å². The Morgan fingerprint density at radius 2 is 2.29 bits per heavy atom. The number of hydrogen-bond donors (Lipinski definition) is 2. The van der Waals surface area contributed by atoms with E-state index < -0.39 is 0 Å². The van der Waals surface area contributed by atoms with Gasteiger partial charge in [0.25, 0.3) is 5.91 Å². The molecule has 1 aliphatic rings. The average Bonchev–Trinajstić information content (AvgIpc) is 2.78. The number of nitrogens with one attached hydrogen (secondary N) is 2. The van der Waals surface area contributed by atoms with Crippen molar-refractivity contribution in [3.63, 3.8) is 0 Å². The highest BCUT2D eigenvalue weighted by Crippen LogP contribution is 2.30. The number of hydroxylamine groups is 1. The third-order valence-electron chi connectivity index (χ3n) is 2.71. The van der Waals surface area contributed by atoms with Crippen molar-refractivity contribution in [2.75, 3.05) is 32.2 Å². The van der Waals surface area contributed by atoms with Crippen LogP contribution in [0, 0.1) is 0 Å². The summed E-state index contributed by atoms with van der Waals surface area (Å²) in [4.78, 5) is 16.9. The molecule has 1 aromatic carbocycles. The minimum Gasteiger partial charge on any atom is -0.384 e. The van der Waals surface area contributed by atoms with Gasteiger partial charge < -0.3 is 10.1 Å². The molecular formula is C12H16N2O3. The zero-order chi connectivity index (χ0) is 12.1. The molecule has 2 rings (SSSR count). The van der Waals surface area contributed by atoms with Gasteiger partial charge in [0.15, 0.2) is 0 Å². The van der Waals surface area contributed by atoms with E-state index in [0.29, 0.717) is 19.8 Å². The van der Waals surface area contributed by atoms with E-state index >= 15 is 0 Å². The van der Waals surface area contributed by atoms with E-state index in [1.54, 1.807) is 7.11 Å². The van der Waals surface area contributed by atoms with Crippen molar-refractivity contribution in [3.05, 3.63) is 29.8 Å². The van der Waals surface area contributed by atoms with Gasteiger partial charge in [-0.05, 0) is 11.6 Å². The average molecular weight is 236 g/mol. The number of fused-ring (bicyclic) bond motifs is 1. The van der Waals surface area contributed by atoms with Crippen molar-refractivity contribution in [3.8, 4) is 0 Å². The predicted molar refractivity (Wildman–Crippen MR) is 63.6 cm³/mol. The summed E-state index contributed by atoms with van der Waals surface area (Å²) in [5, 5.41) is 3.19. The highest BCUT2D eigenvalue weighted by Gasteiger charge is 2.28. The number of rotatable bonds is 5. The second kappa shape index (κ2) is 5.65. The summed E-state index contributed by atoms with van der Waals surface area (Å²) in [6.07, 6.45) is 0. The van der Waals surface area contributed by atoms with Crippen molar-refractivity contribution in [1.82, 2.24) is 5.48 Å². The Bertz CT molecular complexity index is 395. The summed E-state index contributed by atoms with van der Waals surface area (Å²) >= 11 is 0. The van der Waals surface area contributed by atoms with Gasteiger partial charge in [-0.2, -0.15) is 0 Å². The molecule has 1 unspecified atom stereocenters. The first-order valence-corrected chi connectivity index (χ1v) is 5.56. The lowest BCUT2D eigenvalue weighted by Gasteiger charge is -2.10. The zero-order valence-electron chi connectivity index (χ0n) is 9.73.